The van der Waals surface area contributed by atoms with Crippen LogP contribution in [0.15, 0.2) is 24.3 Å². The molecule has 0 bridgehead atoms. The molecule has 0 N–H and O–H groups in total. The van der Waals surface area contributed by atoms with Gasteiger partial charge in [-0.25, -0.2) is 0 Å². The van der Waals surface area contributed by atoms with E-state index in [2.05, 4.69) is 24.8 Å². The van der Waals surface area contributed by atoms with Crippen molar-refractivity contribution in [1.29, 1.82) is 5.26 Å². The van der Waals surface area contributed by atoms with Crippen molar-refractivity contribution in [3.05, 3.63) is 29.8 Å². The van der Waals surface area contributed by atoms with E-state index in [1.54, 1.807) is 13.2 Å². The number of methoxy groups -OCH3 is 1. The molecule has 1 atom stereocenters. The molecule has 1 aromatic carbocycles. The summed E-state index contributed by atoms with van der Waals surface area (Å²) < 4.78 is 10.9. The maximum absolute atomic E-state index is 9.01. The van der Waals surface area contributed by atoms with E-state index < -0.39 is 0 Å². The van der Waals surface area contributed by atoms with Crippen LogP contribution in [-0.4, -0.2) is 44.4 Å². The van der Waals surface area contributed by atoms with Crippen LogP contribution in [0.1, 0.15) is 32.3 Å². The lowest BCUT2D eigenvalue weighted by Gasteiger charge is -2.28. The highest BCUT2D eigenvalue weighted by molar-refractivity contribution is 5.42. The summed E-state index contributed by atoms with van der Waals surface area (Å²) in [6, 6.07) is 10.1. The van der Waals surface area contributed by atoms with Crippen LogP contribution in [-0.2, 0) is 4.74 Å². The third-order valence-corrected chi connectivity index (χ3v) is 3.65. The number of para-hydroxylation sites is 1. The Morgan fingerprint density at radius 2 is 2.00 bits per heavy atom. The number of benzene rings is 1. The van der Waals surface area contributed by atoms with Crippen molar-refractivity contribution in [2.75, 3.05) is 33.4 Å². The van der Waals surface area contributed by atoms with Gasteiger partial charge in [0.05, 0.1) is 18.8 Å². The molecular formula is C17H26N2O2. The third-order valence-electron chi connectivity index (χ3n) is 3.65. The minimum atomic E-state index is 0.548. The Hall–Kier alpha value is -1.57. The molecule has 0 heterocycles. The predicted molar refractivity (Wildman–Crippen MR) is 84.5 cm³/mol. The molecule has 0 amide bonds. The van der Waals surface area contributed by atoms with Crippen molar-refractivity contribution in [3.63, 3.8) is 0 Å². The molecule has 0 fully saturated rings. The normalized spacial score (nSPS) is 12.1. The highest BCUT2D eigenvalue weighted by Gasteiger charge is 2.11. The molecule has 0 aliphatic rings. The number of nitriles is 1. The zero-order chi connectivity index (χ0) is 15.5. The zero-order valence-corrected chi connectivity index (χ0v) is 13.3. The summed E-state index contributed by atoms with van der Waals surface area (Å²) in [6.07, 6.45) is 2.07. The van der Waals surface area contributed by atoms with Crippen molar-refractivity contribution < 1.29 is 9.47 Å². The summed E-state index contributed by atoms with van der Waals surface area (Å²) in [5.74, 6) is 0.673. The lowest BCUT2D eigenvalue weighted by Crippen LogP contribution is -2.36. The minimum absolute atomic E-state index is 0.548. The van der Waals surface area contributed by atoms with Gasteiger partial charge in [-0.1, -0.05) is 19.1 Å². The van der Waals surface area contributed by atoms with Crippen molar-refractivity contribution in [2.45, 2.75) is 32.7 Å². The van der Waals surface area contributed by atoms with E-state index in [1.807, 2.05) is 18.2 Å². The van der Waals surface area contributed by atoms with Gasteiger partial charge in [0.15, 0.2) is 0 Å². The monoisotopic (exact) mass is 290 g/mol. The molecule has 1 unspecified atom stereocenters. The molecule has 116 valence electrons. The van der Waals surface area contributed by atoms with Crippen LogP contribution >= 0.6 is 0 Å². The first kappa shape index (κ1) is 17.5. The van der Waals surface area contributed by atoms with E-state index in [4.69, 9.17) is 14.7 Å². The number of hydrogen-bond donors (Lipinski definition) is 0. The molecule has 4 nitrogen and oxygen atoms in total. The second-order valence-corrected chi connectivity index (χ2v) is 5.10. The molecule has 0 saturated heterocycles. The summed E-state index contributed by atoms with van der Waals surface area (Å²) in [4.78, 5) is 2.42. The Bertz CT molecular complexity index is 443. The van der Waals surface area contributed by atoms with Crippen molar-refractivity contribution in [3.8, 4) is 11.8 Å². The van der Waals surface area contributed by atoms with Gasteiger partial charge in [-0.3, -0.25) is 4.90 Å². The van der Waals surface area contributed by atoms with E-state index in [9.17, 15) is 0 Å². The first-order valence-corrected chi connectivity index (χ1v) is 7.57. The van der Waals surface area contributed by atoms with Gasteiger partial charge in [-0.15, -0.1) is 0 Å². The third kappa shape index (κ3) is 6.16. The van der Waals surface area contributed by atoms with Gasteiger partial charge < -0.3 is 9.47 Å². The smallest absolute Gasteiger partial charge is 0.137 e. The number of rotatable bonds is 10. The van der Waals surface area contributed by atoms with Crippen LogP contribution < -0.4 is 4.74 Å². The molecule has 21 heavy (non-hydrogen) atoms. The van der Waals surface area contributed by atoms with E-state index in [0.717, 1.165) is 32.5 Å². The SMILES string of the molecule is CCC(C)N(CCCOc1ccccc1C#N)CCOC. The second-order valence-electron chi connectivity index (χ2n) is 5.10. The lowest BCUT2D eigenvalue weighted by molar-refractivity contribution is 0.117. The van der Waals surface area contributed by atoms with E-state index in [-0.39, 0.29) is 0 Å². The minimum Gasteiger partial charge on any atom is -0.492 e. The van der Waals surface area contributed by atoms with Crippen LogP contribution in [0.4, 0.5) is 0 Å². The molecule has 1 rings (SSSR count). The fraction of sp³-hybridized carbons (Fsp3) is 0.588. The molecular weight excluding hydrogens is 264 g/mol. The summed E-state index contributed by atoms with van der Waals surface area (Å²) in [6.45, 7) is 7.74. The highest BCUT2D eigenvalue weighted by atomic mass is 16.5. The van der Waals surface area contributed by atoms with Crippen LogP contribution in [0.3, 0.4) is 0 Å². The fourth-order valence-electron chi connectivity index (χ4n) is 2.15. The average molecular weight is 290 g/mol. The summed E-state index contributed by atoms with van der Waals surface area (Å²) in [5.41, 5.74) is 0.593. The summed E-state index contributed by atoms with van der Waals surface area (Å²) in [5, 5.41) is 9.01. The fourth-order valence-corrected chi connectivity index (χ4v) is 2.15. The van der Waals surface area contributed by atoms with E-state index in [0.29, 0.717) is 24.0 Å². The first-order valence-electron chi connectivity index (χ1n) is 7.57. The van der Waals surface area contributed by atoms with Crippen molar-refractivity contribution in [1.82, 2.24) is 4.90 Å². The van der Waals surface area contributed by atoms with Crippen LogP contribution in [0.25, 0.3) is 0 Å². The molecule has 0 aliphatic heterocycles. The van der Waals surface area contributed by atoms with Gasteiger partial charge in [-0.2, -0.15) is 5.26 Å². The van der Waals surface area contributed by atoms with Crippen molar-refractivity contribution in [2.24, 2.45) is 0 Å². The quantitative estimate of drug-likeness (QED) is 0.621. The molecule has 0 aliphatic carbocycles. The maximum Gasteiger partial charge on any atom is 0.137 e. The maximum atomic E-state index is 9.01. The Kier molecular flexibility index (Phi) is 8.49. The van der Waals surface area contributed by atoms with Crippen LogP contribution in [0.2, 0.25) is 0 Å². The average Bonchev–Trinajstić information content (AvgIpc) is 2.53. The lowest BCUT2D eigenvalue weighted by atomic mass is 10.2. The zero-order valence-electron chi connectivity index (χ0n) is 13.3. The number of nitrogens with zero attached hydrogens (tertiary/aromatic N) is 2. The Morgan fingerprint density at radius 1 is 1.24 bits per heavy atom. The van der Waals surface area contributed by atoms with Gasteiger partial charge in [0, 0.05) is 26.2 Å². The largest absolute Gasteiger partial charge is 0.492 e. The standard InChI is InChI=1S/C17H26N2O2/c1-4-15(2)19(11-13-20-3)10-7-12-21-17-9-6-5-8-16(17)14-18/h5-6,8-9,15H,4,7,10-13H2,1-3H3. The molecule has 0 saturated carbocycles. The first-order chi connectivity index (χ1) is 10.2. The number of hydrogen-bond acceptors (Lipinski definition) is 4. The molecule has 4 heteroatoms. The molecule has 0 aromatic heterocycles. The van der Waals surface area contributed by atoms with Gasteiger partial charge in [0.1, 0.15) is 11.8 Å². The van der Waals surface area contributed by atoms with Crippen LogP contribution in [0.5, 0.6) is 5.75 Å². The summed E-state index contributed by atoms with van der Waals surface area (Å²) >= 11 is 0. The summed E-state index contributed by atoms with van der Waals surface area (Å²) in [7, 11) is 1.73. The van der Waals surface area contributed by atoms with Gasteiger partial charge in [0.25, 0.3) is 0 Å². The Balaban J connectivity index is 2.38. The van der Waals surface area contributed by atoms with Crippen LogP contribution in [0, 0.1) is 11.3 Å². The Morgan fingerprint density at radius 3 is 2.67 bits per heavy atom. The molecule has 0 spiro atoms. The van der Waals surface area contributed by atoms with Gasteiger partial charge in [-0.05, 0) is 31.9 Å². The predicted octanol–water partition coefficient (Wildman–Crippen LogP) is 3.07. The number of ether oxygens (including phenoxy) is 2. The molecule has 1 aromatic rings. The second kappa shape index (κ2) is 10.2. The molecule has 0 radical (unpaired) electrons. The van der Waals surface area contributed by atoms with Gasteiger partial charge >= 0.3 is 0 Å². The topological polar surface area (TPSA) is 45.5 Å². The Labute approximate surface area is 128 Å². The highest BCUT2D eigenvalue weighted by Crippen LogP contribution is 2.16. The van der Waals surface area contributed by atoms with Crippen molar-refractivity contribution >= 4 is 0 Å². The van der Waals surface area contributed by atoms with Gasteiger partial charge in [0.2, 0.25) is 0 Å². The van der Waals surface area contributed by atoms with E-state index >= 15 is 0 Å². The van der Waals surface area contributed by atoms with E-state index in [1.165, 1.54) is 0 Å².